The molecule has 8 nitrogen and oxygen atoms in total. The smallest absolute Gasteiger partial charge is 0.341 e. The van der Waals surface area contributed by atoms with Crippen LogP contribution in [0.2, 0.25) is 0 Å². The van der Waals surface area contributed by atoms with E-state index < -0.39 is 11.8 Å². The lowest BCUT2D eigenvalue weighted by Gasteiger charge is -2.30. The third-order valence-corrected chi connectivity index (χ3v) is 7.53. The standard InChI is InChI=1S/C26H28N2O6S/c1-31-21-13-17(14-22(32-2)24(21)33-3)26(30)18(11-15-7-5-4-6-8-15)23(25(29)34-26)16-9-10-19-20(12-16)28-35-27-19/h9-10,12-15,30H,4-8,11H2,1-3H3. The van der Waals surface area contributed by atoms with E-state index in [2.05, 4.69) is 8.75 Å². The van der Waals surface area contributed by atoms with Crippen LogP contribution in [0.4, 0.5) is 0 Å². The van der Waals surface area contributed by atoms with E-state index in [9.17, 15) is 9.90 Å². The molecule has 0 bridgehead atoms. The number of esters is 1. The van der Waals surface area contributed by atoms with Crippen molar-refractivity contribution in [3.63, 3.8) is 0 Å². The van der Waals surface area contributed by atoms with Gasteiger partial charge in [0.25, 0.3) is 5.79 Å². The van der Waals surface area contributed by atoms with Crippen molar-refractivity contribution >= 4 is 34.3 Å². The van der Waals surface area contributed by atoms with Crippen molar-refractivity contribution in [1.82, 2.24) is 8.75 Å². The lowest BCUT2D eigenvalue weighted by atomic mass is 9.80. The minimum atomic E-state index is -1.97. The molecule has 0 saturated heterocycles. The summed E-state index contributed by atoms with van der Waals surface area (Å²) < 4.78 is 30.8. The Balaban J connectivity index is 1.69. The summed E-state index contributed by atoms with van der Waals surface area (Å²) >= 11 is 1.12. The molecular weight excluding hydrogens is 468 g/mol. The SMILES string of the molecule is COc1cc(C2(O)OC(=O)C(c3ccc4nsnc4c3)=C2CC2CCCCC2)cc(OC)c1OC. The van der Waals surface area contributed by atoms with Gasteiger partial charge in [-0.1, -0.05) is 38.2 Å². The van der Waals surface area contributed by atoms with Crippen LogP contribution >= 0.6 is 11.7 Å². The second-order valence-corrected chi connectivity index (χ2v) is 9.51. The zero-order chi connectivity index (χ0) is 24.6. The average Bonchev–Trinajstić information content (AvgIpc) is 3.45. The number of fused-ring (bicyclic) bond motifs is 1. The first-order chi connectivity index (χ1) is 17.0. The maximum absolute atomic E-state index is 13.4. The fraction of sp³-hybridized carbons (Fsp3) is 0.423. The van der Waals surface area contributed by atoms with Crippen LogP contribution < -0.4 is 14.2 Å². The molecule has 184 valence electrons. The van der Waals surface area contributed by atoms with Crippen LogP contribution in [0.1, 0.15) is 49.7 Å². The Hall–Kier alpha value is -3.17. The van der Waals surface area contributed by atoms with E-state index in [0.717, 1.165) is 42.9 Å². The monoisotopic (exact) mass is 496 g/mol. The fourth-order valence-corrected chi connectivity index (χ4v) is 5.72. The van der Waals surface area contributed by atoms with Gasteiger partial charge < -0.3 is 24.1 Å². The quantitative estimate of drug-likeness (QED) is 0.464. The summed E-state index contributed by atoms with van der Waals surface area (Å²) in [5.74, 6) is -1.06. The van der Waals surface area contributed by atoms with Crippen LogP contribution in [0, 0.1) is 5.92 Å². The Labute approximate surface area is 207 Å². The van der Waals surface area contributed by atoms with Crippen LogP contribution in [0.25, 0.3) is 16.6 Å². The van der Waals surface area contributed by atoms with Gasteiger partial charge in [0, 0.05) is 11.1 Å². The van der Waals surface area contributed by atoms with Gasteiger partial charge in [-0.05, 0) is 42.2 Å². The van der Waals surface area contributed by atoms with Crippen LogP contribution in [-0.2, 0) is 15.3 Å². The molecule has 2 aromatic carbocycles. The van der Waals surface area contributed by atoms with E-state index in [1.54, 1.807) is 12.1 Å². The first-order valence-corrected chi connectivity index (χ1v) is 12.4. The van der Waals surface area contributed by atoms with E-state index in [1.807, 2.05) is 18.2 Å². The minimum absolute atomic E-state index is 0.345. The lowest BCUT2D eigenvalue weighted by Crippen LogP contribution is -2.30. The summed E-state index contributed by atoms with van der Waals surface area (Å²) in [4.78, 5) is 13.4. The second-order valence-electron chi connectivity index (χ2n) is 8.98. The van der Waals surface area contributed by atoms with Gasteiger partial charge in [-0.25, -0.2) is 4.79 Å². The molecule has 35 heavy (non-hydrogen) atoms. The number of benzene rings is 2. The van der Waals surface area contributed by atoms with Crippen LogP contribution in [0.3, 0.4) is 0 Å². The third-order valence-electron chi connectivity index (χ3n) is 6.97. The molecular formula is C26H28N2O6S. The largest absolute Gasteiger partial charge is 0.493 e. The highest BCUT2D eigenvalue weighted by Crippen LogP contribution is 2.50. The Morgan fingerprint density at radius 3 is 2.34 bits per heavy atom. The number of carbonyl (C=O) groups is 1. The normalized spacial score (nSPS) is 20.9. The van der Waals surface area contributed by atoms with Gasteiger partial charge >= 0.3 is 5.97 Å². The Kier molecular flexibility index (Phi) is 6.37. The first-order valence-electron chi connectivity index (χ1n) is 11.7. The average molecular weight is 497 g/mol. The van der Waals surface area contributed by atoms with E-state index in [0.29, 0.717) is 57.4 Å². The molecule has 1 aromatic heterocycles. The third kappa shape index (κ3) is 4.12. The lowest BCUT2D eigenvalue weighted by molar-refractivity contribution is -0.185. The molecule has 1 N–H and O–H groups in total. The zero-order valence-corrected chi connectivity index (χ0v) is 20.8. The molecule has 1 saturated carbocycles. The molecule has 0 amide bonds. The number of cyclic esters (lactones) is 1. The number of hydrogen-bond acceptors (Lipinski definition) is 9. The summed E-state index contributed by atoms with van der Waals surface area (Å²) in [6.07, 6.45) is 6.13. The van der Waals surface area contributed by atoms with Gasteiger partial charge in [-0.2, -0.15) is 8.75 Å². The van der Waals surface area contributed by atoms with Crippen molar-refractivity contribution in [2.24, 2.45) is 5.92 Å². The van der Waals surface area contributed by atoms with Crippen molar-refractivity contribution in [2.75, 3.05) is 21.3 Å². The van der Waals surface area contributed by atoms with Gasteiger partial charge in [-0.3, -0.25) is 0 Å². The molecule has 0 radical (unpaired) electrons. The molecule has 1 atom stereocenters. The first kappa shape index (κ1) is 23.6. The van der Waals surface area contributed by atoms with E-state index in [4.69, 9.17) is 18.9 Å². The summed E-state index contributed by atoms with van der Waals surface area (Å²) in [5, 5.41) is 12.1. The number of aliphatic hydroxyl groups is 1. The molecule has 0 spiro atoms. The number of ether oxygens (including phenoxy) is 4. The number of methoxy groups -OCH3 is 3. The van der Waals surface area contributed by atoms with Gasteiger partial charge in [0.05, 0.1) is 38.6 Å². The van der Waals surface area contributed by atoms with E-state index in [-0.39, 0.29) is 0 Å². The maximum atomic E-state index is 13.4. The fourth-order valence-electron chi connectivity index (χ4n) is 5.20. The highest BCUT2D eigenvalue weighted by Gasteiger charge is 2.49. The van der Waals surface area contributed by atoms with Crippen LogP contribution in [0.5, 0.6) is 17.2 Å². The number of aromatic nitrogens is 2. The van der Waals surface area contributed by atoms with Crippen LogP contribution in [0.15, 0.2) is 35.9 Å². The topological polar surface area (TPSA) is 100 Å². The Morgan fingerprint density at radius 2 is 1.69 bits per heavy atom. The van der Waals surface area contributed by atoms with Crippen molar-refractivity contribution in [1.29, 1.82) is 0 Å². The summed E-state index contributed by atoms with van der Waals surface area (Å²) in [6, 6.07) is 8.76. The highest BCUT2D eigenvalue weighted by molar-refractivity contribution is 7.00. The summed E-state index contributed by atoms with van der Waals surface area (Å²) in [6.45, 7) is 0. The summed E-state index contributed by atoms with van der Waals surface area (Å²) in [5.41, 5.74) is 3.39. The Bertz CT molecular complexity index is 1270. The van der Waals surface area contributed by atoms with Crippen molar-refractivity contribution in [2.45, 2.75) is 44.3 Å². The molecule has 5 rings (SSSR count). The molecule has 1 unspecified atom stereocenters. The van der Waals surface area contributed by atoms with Crippen LogP contribution in [-0.4, -0.2) is 41.2 Å². The second kappa shape index (κ2) is 9.47. The Morgan fingerprint density at radius 1 is 1.00 bits per heavy atom. The predicted octanol–water partition coefficient (Wildman–Crippen LogP) is 4.84. The van der Waals surface area contributed by atoms with Gasteiger partial charge in [-0.15, -0.1) is 0 Å². The number of carbonyl (C=O) groups excluding carboxylic acids is 1. The van der Waals surface area contributed by atoms with Gasteiger partial charge in [0.2, 0.25) is 5.75 Å². The maximum Gasteiger partial charge on any atom is 0.341 e. The minimum Gasteiger partial charge on any atom is -0.493 e. The van der Waals surface area contributed by atoms with E-state index >= 15 is 0 Å². The molecule has 3 aromatic rings. The van der Waals surface area contributed by atoms with Gasteiger partial charge in [0.1, 0.15) is 11.0 Å². The molecule has 9 heteroatoms. The predicted molar refractivity (Wildman–Crippen MR) is 132 cm³/mol. The highest BCUT2D eigenvalue weighted by atomic mass is 32.1. The van der Waals surface area contributed by atoms with Crippen molar-refractivity contribution < 1.29 is 28.8 Å². The number of nitrogens with zero attached hydrogens (tertiary/aromatic N) is 2. The van der Waals surface area contributed by atoms with E-state index in [1.165, 1.54) is 27.8 Å². The van der Waals surface area contributed by atoms with Crippen molar-refractivity contribution in [3.8, 4) is 17.2 Å². The van der Waals surface area contributed by atoms with Crippen molar-refractivity contribution in [3.05, 3.63) is 47.0 Å². The molecule has 1 fully saturated rings. The summed E-state index contributed by atoms with van der Waals surface area (Å²) in [7, 11) is 4.53. The van der Waals surface area contributed by atoms with Gasteiger partial charge in [0.15, 0.2) is 11.5 Å². The molecule has 1 aliphatic carbocycles. The number of hydrogen-bond donors (Lipinski definition) is 1. The molecule has 2 aliphatic rings. The molecule has 1 aliphatic heterocycles. The zero-order valence-electron chi connectivity index (χ0n) is 20.0. The molecule has 2 heterocycles. The number of rotatable bonds is 7.